The molecule has 6 N–H and O–H groups in total. The van der Waals surface area contributed by atoms with E-state index in [1.54, 1.807) is 0 Å². The molecule has 2 unspecified atom stereocenters. The maximum Gasteiger partial charge on any atom is 0.306 e. The second-order valence-corrected chi connectivity index (χ2v) is 27.2. The number of carbonyl (C=O) groups is 13. The first kappa shape index (κ1) is 96.6. The molecule has 10 atom stereocenters. The van der Waals surface area contributed by atoms with Crippen molar-refractivity contribution in [2.24, 2.45) is 0 Å². The minimum absolute atomic E-state index is 0.00707. The molecule has 2 aromatic rings. The number of esters is 7. The third kappa shape index (κ3) is 43.3. The van der Waals surface area contributed by atoms with Crippen LogP contribution in [0.4, 0.5) is 5.69 Å². The van der Waals surface area contributed by atoms with Gasteiger partial charge in [-0.1, -0.05) is 114 Å². The quantitative estimate of drug-likeness (QED) is 0.0245. The van der Waals surface area contributed by atoms with Crippen LogP contribution in [0.1, 0.15) is 210 Å². The van der Waals surface area contributed by atoms with E-state index in [1.165, 1.54) is 58.7 Å². The molecule has 2 fully saturated rings. The SMILES string of the molecule is CC(=O)N[C@H]1C(OCCOCCOCCNC(=O)c2cc(NC(=O)CCCCCCCCCCC(=O)NCCCCCCCCCCCC(=O)OCc3ccccc3)cc(C(=O)NCCOCCOCCOC3O[C@H](COC(C)=O)[C@H](OC(C)=O)[C@H](OC(C)=O)[C@H]3NC(C)=O)c2)O[C@H](COC(C)=O)[C@H](OC(C)=O)[C@@H]1OC(C)=O. The fraction of sp³-hybridized carbons (Fsp3) is 0.684. The van der Waals surface area contributed by atoms with Crippen molar-refractivity contribution >= 4 is 82.9 Å². The van der Waals surface area contributed by atoms with E-state index in [4.69, 9.17) is 71.1 Å². The molecule has 0 bridgehead atoms. The van der Waals surface area contributed by atoms with E-state index in [2.05, 4.69) is 31.9 Å². The Kier molecular flexibility index (Phi) is 49.0. The number of rotatable bonds is 58. The molecule has 0 aromatic heterocycles. The Balaban J connectivity index is 1.19. The molecule has 0 aliphatic carbocycles. The third-order valence-electron chi connectivity index (χ3n) is 17.4. The largest absolute Gasteiger partial charge is 0.463 e. The Morgan fingerprint density at radius 3 is 1.14 bits per heavy atom. The molecule has 0 radical (unpaired) electrons. The number of unbranched alkanes of at least 4 members (excludes halogenated alkanes) is 15. The minimum Gasteiger partial charge on any atom is -0.463 e. The van der Waals surface area contributed by atoms with Gasteiger partial charge in [0.05, 0.1) is 66.1 Å². The first-order chi connectivity index (χ1) is 54.3. The molecule has 34 heteroatoms. The van der Waals surface area contributed by atoms with Crippen molar-refractivity contribution in [1.82, 2.24) is 26.6 Å². The van der Waals surface area contributed by atoms with Gasteiger partial charge in [-0.15, -0.1) is 0 Å². The fourth-order valence-corrected chi connectivity index (χ4v) is 12.2. The Morgan fingerprint density at radius 2 is 0.735 bits per heavy atom. The second kappa shape index (κ2) is 57.3. The molecule has 113 heavy (non-hydrogen) atoms. The van der Waals surface area contributed by atoms with Crippen molar-refractivity contribution in [2.45, 2.75) is 252 Å². The predicted octanol–water partition coefficient (Wildman–Crippen LogP) is 6.16. The van der Waals surface area contributed by atoms with Gasteiger partial charge in [0.25, 0.3) is 11.8 Å². The van der Waals surface area contributed by atoms with Crippen LogP contribution in [0.3, 0.4) is 0 Å². The molecule has 2 aliphatic rings. The van der Waals surface area contributed by atoms with Gasteiger partial charge in [-0.25, -0.2) is 0 Å². The average Bonchev–Trinajstić information content (AvgIpc) is 0.793. The summed E-state index contributed by atoms with van der Waals surface area (Å²) >= 11 is 0. The van der Waals surface area contributed by atoms with E-state index in [0.29, 0.717) is 32.4 Å². The molecule has 0 saturated carbocycles. The smallest absolute Gasteiger partial charge is 0.306 e. The molecule has 6 amide bonds. The van der Waals surface area contributed by atoms with Crippen molar-refractivity contribution in [1.29, 1.82) is 0 Å². The number of nitrogens with one attached hydrogen (secondary N) is 6. The highest BCUT2D eigenvalue weighted by Gasteiger charge is 2.53. The molecular weight excluding hydrogens is 1480 g/mol. The number of benzene rings is 2. The predicted molar refractivity (Wildman–Crippen MR) is 405 cm³/mol. The van der Waals surface area contributed by atoms with Crippen LogP contribution in [0.15, 0.2) is 48.5 Å². The van der Waals surface area contributed by atoms with Crippen LogP contribution in [-0.2, 0) is 130 Å². The summed E-state index contributed by atoms with van der Waals surface area (Å²) in [5, 5.41) is 16.7. The number of carbonyl (C=O) groups excluding carboxylic acids is 13. The topological polar surface area (TPSA) is 433 Å². The summed E-state index contributed by atoms with van der Waals surface area (Å²) in [7, 11) is 0. The van der Waals surface area contributed by atoms with Gasteiger partial charge in [0.2, 0.25) is 23.6 Å². The summed E-state index contributed by atoms with van der Waals surface area (Å²) in [4.78, 5) is 162. The highest BCUT2D eigenvalue weighted by atomic mass is 16.7. The van der Waals surface area contributed by atoms with E-state index >= 15 is 0 Å². The van der Waals surface area contributed by atoms with Crippen LogP contribution in [0.5, 0.6) is 0 Å². The maximum absolute atomic E-state index is 13.7. The first-order valence-electron chi connectivity index (χ1n) is 39.1. The second-order valence-electron chi connectivity index (χ2n) is 27.2. The van der Waals surface area contributed by atoms with Gasteiger partial charge in [0, 0.05) is 111 Å². The van der Waals surface area contributed by atoms with Gasteiger partial charge in [0.1, 0.15) is 44.1 Å². The summed E-state index contributed by atoms with van der Waals surface area (Å²) in [5.41, 5.74) is 1.35. The van der Waals surface area contributed by atoms with Gasteiger partial charge >= 0.3 is 41.8 Å². The maximum atomic E-state index is 13.7. The molecule has 2 saturated heterocycles. The van der Waals surface area contributed by atoms with Gasteiger partial charge in [0.15, 0.2) is 37.0 Å². The Hall–Kier alpha value is -8.77. The monoisotopic (exact) mass is 1600 g/mol. The van der Waals surface area contributed by atoms with Crippen LogP contribution in [0, 0.1) is 0 Å². The molecule has 634 valence electrons. The zero-order valence-corrected chi connectivity index (χ0v) is 66.8. The fourth-order valence-electron chi connectivity index (χ4n) is 12.2. The minimum atomic E-state index is -1.30. The van der Waals surface area contributed by atoms with Gasteiger partial charge in [-0.05, 0) is 49.4 Å². The number of hydrogen-bond donors (Lipinski definition) is 6. The van der Waals surface area contributed by atoms with Crippen molar-refractivity contribution in [3.63, 3.8) is 0 Å². The van der Waals surface area contributed by atoms with Crippen molar-refractivity contribution in [3.8, 4) is 0 Å². The van der Waals surface area contributed by atoms with E-state index in [1.807, 2.05) is 30.3 Å². The highest BCUT2D eigenvalue weighted by Crippen LogP contribution is 2.30. The Labute approximate surface area is 661 Å². The lowest BCUT2D eigenvalue weighted by Gasteiger charge is -2.44. The van der Waals surface area contributed by atoms with Crippen LogP contribution >= 0.6 is 0 Å². The van der Waals surface area contributed by atoms with Crippen LogP contribution in [0.2, 0.25) is 0 Å². The van der Waals surface area contributed by atoms with Crippen LogP contribution < -0.4 is 31.9 Å². The van der Waals surface area contributed by atoms with E-state index in [-0.39, 0.29) is 120 Å². The van der Waals surface area contributed by atoms with Crippen LogP contribution in [-0.4, -0.2) is 237 Å². The number of amides is 6. The molecule has 0 spiro atoms. The normalized spacial score (nSPS) is 19.1. The molecule has 2 heterocycles. The van der Waals surface area contributed by atoms with Gasteiger partial charge in [-0.2, -0.15) is 0 Å². The van der Waals surface area contributed by atoms with Gasteiger partial charge < -0.3 is 103 Å². The van der Waals surface area contributed by atoms with E-state index < -0.39 is 134 Å². The first-order valence-corrected chi connectivity index (χ1v) is 39.1. The standard InChI is InChI=1S/C79H120N6O28/c1-53(86)83-70-74(110-59(7)92)72(108-57(5)90)65(51-105-55(3)88)112-78(70)103-45-43-101-41-39-99-37-35-81-76(97)62-47-63(77(98)82-36-38-100-40-42-102-44-46-104-79-71(84-54(2)87)75(111-60(8)93)73(109-58(6)91)66(113-79)52-106-56(4)89)49-64(48-62)85-68(95)32-26-19-15-12-11-14-18-25-31-67(94)80-34-28-21-17-13-9-10-16-20-27-33-69(96)107-50-61-29-23-22-24-30-61/h22-24,29-30,47-49,65-66,70-75,78-79H,9-21,25-28,31-46,50-52H2,1-8H3,(H,80,94)(H,81,97)(H,82,98)(H,83,86)(H,84,87)(H,85,95)/t65-,66-,70-,71-,72+,73+,74-,75-,78?,79?/m1/s1. The van der Waals surface area contributed by atoms with Gasteiger partial charge in [-0.3, -0.25) is 62.3 Å². The highest BCUT2D eigenvalue weighted by molar-refractivity contribution is 6.02. The zero-order valence-electron chi connectivity index (χ0n) is 66.8. The molecule has 2 aromatic carbocycles. The number of ether oxygens (including phenoxy) is 15. The average molecular weight is 1600 g/mol. The number of anilines is 1. The lowest BCUT2D eigenvalue weighted by atomic mass is 9.96. The Morgan fingerprint density at radius 1 is 0.363 bits per heavy atom. The third-order valence-corrected chi connectivity index (χ3v) is 17.4. The summed E-state index contributed by atoms with van der Waals surface area (Å²) in [6, 6.07) is 11.7. The summed E-state index contributed by atoms with van der Waals surface area (Å²) in [5.74, 6) is -6.91. The van der Waals surface area contributed by atoms with E-state index in [0.717, 1.165) is 123 Å². The molecule has 34 nitrogen and oxygen atoms in total. The lowest BCUT2D eigenvalue weighted by Crippen LogP contribution is -2.66. The summed E-state index contributed by atoms with van der Waals surface area (Å²) in [6.45, 7) is 9.78. The van der Waals surface area contributed by atoms with Crippen molar-refractivity contribution in [2.75, 3.05) is 104 Å². The molecule has 4 rings (SSSR count). The van der Waals surface area contributed by atoms with Crippen LogP contribution in [0.25, 0.3) is 0 Å². The van der Waals surface area contributed by atoms with Crippen molar-refractivity contribution < 1.29 is 133 Å². The molecular formula is C79H120N6O28. The van der Waals surface area contributed by atoms with E-state index in [9.17, 15) is 62.3 Å². The summed E-state index contributed by atoms with van der Waals surface area (Å²) in [6.07, 6.45) is 7.93. The lowest BCUT2D eigenvalue weighted by molar-refractivity contribution is -0.279. The molecule has 2 aliphatic heterocycles. The van der Waals surface area contributed by atoms with Crippen molar-refractivity contribution in [3.05, 3.63) is 65.2 Å². The Bertz CT molecular complexity index is 3090. The summed E-state index contributed by atoms with van der Waals surface area (Å²) < 4.78 is 83.9. The zero-order chi connectivity index (χ0) is 82.6. The number of hydrogen-bond acceptors (Lipinski definition) is 28.